The minimum atomic E-state index is -1.94. The summed E-state index contributed by atoms with van der Waals surface area (Å²) in [4.78, 5) is 37.2. The molecule has 6 nitrogen and oxygen atoms in total. The smallest absolute Gasteiger partial charge is 0.314 e. The van der Waals surface area contributed by atoms with Crippen LogP contribution < -0.4 is 0 Å². The summed E-state index contributed by atoms with van der Waals surface area (Å²) < 4.78 is 10.4. The van der Waals surface area contributed by atoms with E-state index in [1.807, 2.05) is 0 Å². The molecule has 3 amide bonds. The molecule has 1 aliphatic heterocycles. The molecule has 0 saturated carbocycles. The Morgan fingerprint density at radius 3 is 1.90 bits per heavy atom. The molecule has 0 N–H and O–H groups in total. The first kappa shape index (κ1) is 14.8. The van der Waals surface area contributed by atoms with Gasteiger partial charge >= 0.3 is 5.65 Å². The molecule has 0 spiro atoms. The fraction of sp³-hybridized carbons (Fsp3) is 0.308. The van der Waals surface area contributed by atoms with Gasteiger partial charge in [-0.2, -0.15) is 0 Å². The lowest BCUT2D eigenvalue weighted by Crippen LogP contribution is -2.34. The fourth-order valence-electron chi connectivity index (χ4n) is 1.83. The molecule has 0 saturated heterocycles. The molecule has 1 heterocycles. The molecule has 0 bridgehead atoms. The maximum Gasteiger partial charge on any atom is 0.314 e. The van der Waals surface area contributed by atoms with Crippen molar-refractivity contribution < 1.29 is 23.4 Å². The number of hydrogen-bond acceptors (Lipinski definition) is 5. The van der Waals surface area contributed by atoms with E-state index in [0.717, 1.165) is 0 Å². The molecular weight excluding hydrogens is 281 g/mol. The lowest BCUT2D eigenvalue weighted by Gasteiger charge is -2.18. The molecule has 1 aliphatic rings. The number of imide groups is 3. The zero-order chi connectivity index (χ0) is 14.7. The van der Waals surface area contributed by atoms with Crippen LogP contribution in [0.5, 0.6) is 0 Å². The van der Waals surface area contributed by atoms with E-state index in [0.29, 0.717) is 4.90 Å². The van der Waals surface area contributed by atoms with E-state index < -0.39 is 25.8 Å². The van der Waals surface area contributed by atoms with Crippen molar-refractivity contribution in [2.45, 2.75) is 13.8 Å². The Morgan fingerprint density at radius 1 is 1.05 bits per heavy atom. The van der Waals surface area contributed by atoms with Crippen molar-refractivity contribution in [3.05, 3.63) is 35.4 Å². The van der Waals surface area contributed by atoms with Crippen LogP contribution >= 0.6 is 8.38 Å². The van der Waals surface area contributed by atoms with Gasteiger partial charge < -0.3 is 9.05 Å². The Kier molecular flexibility index (Phi) is 4.60. The zero-order valence-electron chi connectivity index (χ0n) is 11.2. The van der Waals surface area contributed by atoms with Crippen LogP contribution in [0.2, 0.25) is 0 Å². The van der Waals surface area contributed by atoms with E-state index in [1.165, 1.54) is 12.1 Å². The number of benzene rings is 1. The first-order valence-electron chi connectivity index (χ1n) is 6.19. The van der Waals surface area contributed by atoms with Gasteiger partial charge in [-0.3, -0.25) is 14.4 Å². The van der Waals surface area contributed by atoms with Crippen LogP contribution in [0.4, 0.5) is 4.79 Å². The summed E-state index contributed by atoms with van der Waals surface area (Å²) in [6, 6.07) is 6.33. The van der Waals surface area contributed by atoms with Crippen LogP contribution in [0.3, 0.4) is 0 Å². The Bertz CT molecular complexity index is 518. The number of nitrogens with zero attached hydrogens (tertiary/aromatic N) is 1. The molecule has 0 aromatic heterocycles. The summed E-state index contributed by atoms with van der Waals surface area (Å²) in [6.45, 7) is 3.95. The normalized spacial score (nSPS) is 14.1. The Balaban J connectivity index is 2.28. The molecule has 1 aromatic rings. The van der Waals surface area contributed by atoms with E-state index in [1.54, 1.807) is 26.0 Å². The largest absolute Gasteiger partial charge is 0.327 e. The first-order valence-corrected chi connectivity index (χ1v) is 7.37. The van der Waals surface area contributed by atoms with Crippen LogP contribution in [0, 0.1) is 0 Å². The monoisotopic (exact) mass is 295 g/mol. The second-order valence-electron chi connectivity index (χ2n) is 3.87. The minimum Gasteiger partial charge on any atom is -0.327 e. The van der Waals surface area contributed by atoms with Crippen LogP contribution in [0.15, 0.2) is 24.3 Å². The number of rotatable bonds is 5. The van der Waals surface area contributed by atoms with Gasteiger partial charge in [-0.05, 0) is 26.0 Å². The van der Waals surface area contributed by atoms with Crippen LogP contribution in [-0.4, -0.2) is 35.6 Å². The molecule has 1 aromatic carbocycles. The highest BCUT2D eigenvalue weighted by molar-refractivity contribution is 7.66. The van der Waals surface area contributed by atoms with E-state index in [4.69, 9.17) is 9.05 Å². The van der Waals surface area contributed by atoms with Crippen LogP contribution in [0.25, 0.3) is 0 Å². The lowest BCUT2D eigenvalue weighted by molar-refractivity contribution is 0.0715. The molecule has 20 heavy (non-hydrogen) atoms. The number of carbonyl (C=O) groups is 3. The summed E-state index contributed by atoms with van der Waals surface area (Å²) in [5.74, 6) is -1.25. The summed E-state index contributed by atoms with van der Waals surface area (Å²) in [5.41, 5.74) is -0.266. The minimum absolute atomic E-state index is 0.230. The third-order valence-corrected chi connectivity index (χ3v) is 4.13. The van der Waals surface area contributed by atoms with Gasteiger partial charge in [-0.25, -0.2) is 4.90 Å². The van der Waals surface area contributed by atoms with E-state index in [2.05, 4.69) is 0 Å². The number of amides is 3. The fourth-order valence-corrected chi connectivity index (χ4v) is 2.94. The van der Waals surface area contributed by atoms with E-state index >= 15 is 0 Å². The van der Waals surface area contributed by atoms with Crippen molar-refractivity contribution >= 4 is 25.8 Å². The van der Waals surface area contributed by atoms with Gasteiger partial charge in [-0.1, -0.05) is 12.1 Å². The molecule has 0 aliphatic carbocycles. The average molecular weight is 295 g/mol. The number of carbonyl (C=O) groups excluding carboxylic acids is 3. The van der Waals surface area contributed by atoms with E-state index in [-0.39, 0.29) is 24.3 Å². The summed E-state index contributed by atoms with van der Waals surface area (Å²) in [5, 5.41) is 0. The summed E-state index contributed by atoms with van der Waals surface area (Å²) in [7, 11) is -1.94. The molecule has 0 unspecified atom stereocenters. The van der Waals surface area contributed by atoms with Gasteiger partial charge in [0.15, 0.2) is 0 Å². The Morgan fingerprint density at radius 2 is 1.50 bits per heavy atom. The quantitative estimate of drug-likeness (QED) is 0.617. The van der Waals surface area contributed by atoms with Gasteiger partial charge in [-0.15, -0.1) is 0 Å². The third kappa shape index (κ3) is 2.50. The highest BCUT2D eigenvalue weighted by Crippen LogP contribution is 2.43. The molecule has 106 valence electrons. The van der Waals surface area contributed by atoms with E-state index in [9.17, 15) is 14.4 Å². The molecule has 0 fully saturated rings. The molecule has 0 atom stereocenters. The van der Waals surface area contributed by atoms with Gasteiger partial charge in [0.25, 0.3) is 20.2 Å². The maximum absolute atomic E-state index is 12.3. The molecule has 7 heteroatoms. The van der Waals surface area contributed by atoms with Gasteiger partial charge in [0.2, 0.25) is 0 Å². The maximum atomic E-state index is 12.3. The SMILES string of the molecule is CCOP(OCC)C(=O)N1C(=O)c2ccccc2C1=O. The van der Waals surface area contributed by atoms with Crippen LogP contribution in [0.1, 0.15) is 34.6 Å². The lowest BCUT2D eigenvalue weighted by atomic mass is 10.1. The second kappa shape index (κ2) is 6.22. The van der Waals surface area contributed by atoms with Crippen molar-refractivity contribution in [3.63, 3.8) is 0 Å². The Labute approximate surface area is 117 Å². The van der Waals surface area contributed by atoms with Crippen LogP contribution in [-0.2, 0) is 9.05 Å². The molecule has 2 rings (SSSR count). The second-order valence-corrected chi connectivity index (χ2v) is 5.28. The molecular formula is C13H14NO5P. The number of fused-ring (bicyclic) bond motifs is 1. The van der Waals surface area contributed by atoms with Crippen molar-refractivity contribution in [2.24, 2.45) is 0 Å². The number of hydrogen-bond donors (Lipinski definition) is 0. The zero-order valence-corrected chi connectivity index (χ0v) is 12.1. The third-order valence-electron chi connectivity index (χ3n) is 2.63. The highest BCUT2D eigenvalue weighted by Gasteiger charge is 2.43. The summed E-state index contributed by atoms with van der Waals surface area (Å²) in [6.07, 6.45) is 0. The van der Waals surface area contributed by atoms with Gasteiger partial charge in [0, 0.05) is 0 Å². The predicted molar refractivity (Wildman–Crippen MR) is 72.5 cm³/mol. The van der Waals surface area contributed by atoms with Crippen molar-refractivity contribution in [2.75, 3.05) is 13.2 Å². The highest BCUT2D eigenvalue weighted by atomic mass is 31.2. The van der Waals surface area contributed by atoms with Gasteiger partial charge in [0.1, 0.15) is 0 Å². The predicted octanol–water partition coefficient (Wildman–Crippen LogP) is 2.79. The summed E-state index contributed by atoms with van der Waals surface area (Å²) >= 11 is 0. The average Bonchev–Trinajstić information content (AvgIpc) is 2.71. The van der Waals surface area contributed by atoms with Crippen molar-refractivity contribution in [3.8, 4) is 0 Å². The Hall–Kier alpha value is -1.62. The van der Waals surface area contributed by atoms with Crippen molar-refractivity contribution in [1.29, 1.82) is 0 Å². The standard InChI is InChI=1S/C13H14NO5P/c1-3-18-20(19-4-2)13(17)14-11(15)9-7-5-6-8-10(9)12(14)16/h5-8H,3-4H2,1-2H3. The molecule has 0 radical (unpaired) electrons. The first-order chi connectivity index (χ1) is 9.61. The topological polar surface area (TPSA) is 72.9 Å². The van der Waals surface area contributed by atoms with Gasteiger partial charge in [0.05, 0.1) is 24.3 Å². The van der Waals surface area contributed by atoms with Crippen molar-refractivity contribution in [1.82, 2.24) is 4.90 Å².